The predicted octanol–water partition coefficient (Wildman–Crippen LogP) is 3.50. The summed E-state index contributed by atoms with van der Waals surface area (Å²) in [5, 5.41) is 3.06. The van der Waals surface area contributed by atoms with Crippen LogP contribution in [0.2, 0.25) is 0 Å². The van der Waals surface area contributed by atoms with Crippen molar-refractivity contribution >= 4 is 34.0 Å². The minimum absolute atomic E-state index is 0.277. The maximum atomic E-state index is 13.4. The predicted molar refractivity (Wildman–Crippen MR) is 84.0 cm³/mol. The lowest BCUT2D eigenvalue weighted by Gasteiger charge is -2.11. The average molecular weight is 372 g/mol. The van der Waals surface area contributed by atoms with E-state index in [2.05, 4.69) is 5.32 Å². The van der Waals surface area contributed by atoms with Gasteiger partial charge in [-0.15, -0.1) is 0 Å². The molecule has 0 atom stereocenters. The monoisotopic (exact) mass is 372 g/mol. The molecule has 0 saturated carbocycles. The van der Waals surface area contributed by atoms with Crippen molar-refractivity contribution in [2.75, 3.05) is 24.2 Å². The molecule has 2 rings (SSSR count). The summed E-state index contributed by atoms with van der Waals surface area (Å²) in [4.78, 5) is 0. The third-order valence-electron chi connectivity index (χ3n) is 2.52. The van der Waals surface area contributed by atoms with Gasteiger partial charge in [0, 0.05) is 12.6 Å². The van der Waals surface area contributed by atoms with Crippen molar-refractivity contribution < 1.29 is 9.13 Å². The van der Waals surface area contributed by atoms with Crippen LogP contribution in [0.3, 0.4) is 0 Å². The van der Waals surface area contributed by atoms with Gasteiger partial charge in [0.1, 0.15) is 18.2 Å². The summed E-state index contributed by atoms with van der Waals surface area (Å²) in [5.41, 5.74) is 6.93. The lowest BCUT2D eigenvalue weighted by atomic mass is 10.2. The van der Waals surface area contributed by atoms with Crippen LogP contribution in [0.25, 0.3) is 0 Å². The number of nitrogens with one attached hydrogen (secondary N) is 1. The van der Waals surface area contributed by atoms with E-state index in [0.29, 0.717) is 28.1 Å². The third kappa shape index (κ3) is 3.99. The highest BCUT2D eigenvalue weighted by molar-refractivity contribution is 14.1. The summed E-state index contributed by atoms with van der Waals surface area (Å²) >= 11 is 1.91. The van der Waals surface area contributed by atoms with Crippen LogP contribution in [0.5, 0.6) is 5.75 Å². The molecule has 5 heteroatoms. The Morgan fingerprint density at radius 2 is 1.95 bits per heavy atom. The fraction of sp³-hybridized carbons (Fsp3) is 0.143. The van der Waals surface area contributed by atoms with E-state index in [1.165, 1.54) is 6.07 Å². The molecule has 3 nitrogen and oxygen atoms in total. The molecular formula is C14H14FIN2O. The fourth-order valence-corrected chi connectivity index (χ4v) is 2.08. The lowest BCUT2D eigenvalue weighted by Crippen LogP contribution is -2.12. The minimum atomic E-state index is -0.277. The summed E-state index contributed by atoms with van der Waals surface area (Å²) in [7, 11) is 0. The van der Waals surface area contributed by atoms with Crippen LogP contribution in [-0.2, 0) is 0 Å². The molecule has 0 fully saturated rings. The highest BCUT2D eigenvalue weighted by Gasteiger charge is 2.05. The molecule has 2 aromatic rings. The highest BCUT2D eigenvalue weighted by Crippen LogP contribution is 2.23. The highest BCUT2D eigenvalue weighted by atomic mass is 127. The molecule has 0 unspecified atom stereocenters. The molecule has 100 valence electrons. The van der Waals surface area contributed by atoms with Gasteiger partial charge in [-0.2, -0.15) is 0 Å². The SMILES string of the molecule is Nc1cc(I)c(F)cc1NCCOc1ccccc1. The Labute approximate surface area is 125 Å². The van der Waals surface area contributed by atoms with Gasteiger partial charge in [-0.3, -0.25) is 0 Å². The second-order valence-electron chi connectivity index (χ2n) is 3.94. The van der Waals surface area contributed by atoms with Crippen molar-refractivity contribution in [1.82, 2.24) is 0 Å². The van der Waals surface area contributed by atoms with Crippen molar-refractivity contribution in [3.63, 3.8) is 0 Å². The van der Waals surface area contributed by atoms with Crippen LogP contribution >= 0.6 is 22.6 Å². The Hall–Kier alpha value is -1.50. The summed E-state index contributed by atoms with van der Waals surface area (Å²) < 4.78 is 19.4. The number of nitrogens with two attached hydrogens (primary N) is 1. The Morgan fingerprint density at radius 1 is 1.21 bits per heavy atom. The lowest BCUT2D eigenvalue weighted by molar-refractivity contribution is 0.333. The molecule has 0 saturated heterocycles. The molecule has 0 heterocycles. The first kappa shape index (κ1) is 13.9. The van der Waals surface area contributed by atoms with Crippen LogP contribution in [-0.4, -0.2) is 13.2 Å². The number of benzene rings is 2. The number of hydrogen-bond acceptors (Lipinski definition) is 3. The van der Waals surface area contributed by atoms with Crippen molar-refractivity contribution in [1.29, 1.82) is 0 Å². The van der Waals surface area contributed by atoms with Gasteiger partial charge < -0.3 is 15.8 Å². The summed E-state index contributed by atoms with van der Waals surface area (Å²) in [5.74, 6) is 0.535. The van der Waals surface area contributed by atoms with E-state index in [4.69, 9.17) is 10.5 Å². The molecule has 0 bridgehead atoms. The van der Waals surface area contributed by atoms with Gasteiger partial charge in [-0.05, 0) is 40.8 Å². The molecule has 19 heavy (non-hydrogen) atoms. The summed E-state index contributed by atoms with van der Waals surface area (Å²) in [6.45, 7) is 1.04. The fourth-order valence-electron chi connectivity index (χ4n) is 1.59. The number of ether oxygens (including phenoxy) is 1. The second-order valence-corrected chi connectivity index (χ2v) is 5.10. The zero-order valence-corrected chi connectivity index (χ0v) is 12.4. The van der Waals surface area contributed by atoms with Gasteiger partial charge in [0.2, 0.25) is 0 Å². The molecule has 0 amide bonds. The smallest absolute Gasteiger partial charge is 0.138 e. The normalized spacial score (nSPS) is 10.2. The second kappa shape index (κ2) is 6.60. The van der Waals surface area contributed by atoms with E-state index in [1.54, 1.807) is 6.07 Å². The zero-order chi connectivity index (χ0) is 13.7. The van der Waals surface area contributed by atoms with E-state index in [1.807, 2.05) is 52.9 Å². The van der Waals surface area contributed by atoms with Crippen molar-refractivity contribution in [3.05, 3.63) is 51.9 Å². The van der Waals surface area contributed by atoms with E-state index in [-0.39, 0.29) is 5.82 Å². The maximum absolute atomic E-state index is 13.4. The van der Waals surface area contributed by atoms with Crippen LogP contribution in [0.15, 0.2) is 42.5 Å². The van der Waals surface area contributed by atoms with Crippen molar-refractivity contribution in [2.24, 2.45) is 0 Å². The number of nitrogen functional groups attached to an aromatic ring is 1. The number of hydrogen-bond donors (Lipinski definition) is 2. The largest absolute Gasteiger partial charge is 0.492 e. The van der Waals surface area contributed by atoms with Crippen LogP contribution in [0.1, 0.15) is 0 Å². The summed E-state index contributed by atoms with van der Waals surface area (Å²) in [6.07, 6.45) is 0. The van der Waals surface area contributed by atoms with Crippen LogP contribution < -0.4 is 15.8 Å². The molecule has 0 aliphatic rings. The van der Waals surface area contributed by atoms with Crippen molar-refractivity contribution in [2.45, 2.75) is 0 Å². The molecule has 2 aromatic carbocycles. The van der Waals surface area contributed by atoms with E-state index < -0.39 is 0 Å². The first-order valence-electron chi connectivity index (χ1n) is 5.83. The van der Waals surface area contributed by atoms with Crippen LogP contribution in [0, 0.1) is 9.39 Å². The van der Waals surface area contributed by atoms with E-state index >= 15 is 0 Å². The Morgan fingerprint density at radius 3 is 2.68 bits per heavy atom. The minimum Gasteiger partial charge on any atom is -0.492 e. The molecule has 0 spiro atoms. The third-order valence-corrected chi connectivity index (χ3v) is 3.35. The topological polar surface area (TPSA) is 47.3 Å². The van der Waals surface area contributed by atoms with Gasteiger partial charge in [0.05, 0.1) is 14.9 Å². The standard InChI is InChI=1S/C14H14FIN2O/c15-11-8-14(13(17)9-12(11)16)18-6-7-19-10-4-2-1-3-5-10/h1-5,8-9,18H,6-7,17H2. The summed E-state index contributed by atoms with van der Waals surface area (Å²) in [6, 6.07) is 12.5. The molecule has 0 aliphatic heterocycles. The Balaban J connectivity index is 1.85. The van der Waals surface area contributed by atoms with Gasteiger partial charge >= 0.3 is 0 Å². The van der Waals surface area contributed by atoms with E-state index in [0.717, 1.165) is 5.75 Å². The Kier molecular flexibility index (Phi) is 4.84. The molecule has 0 aliphatic carbocycles. The molecular weight excluding hydrogens is 358 g/mol. The zero-order valence-electron chi connectivity index (χ0n) is 10.2. The van der Waals surface area contributed by atoms with Crippen LogP contribution in [0.4, 0.5) is 15.8 Å². The molecule has 0 radical (unpaired) electrons. The molecule has 0 aromatic heterocycles. The number of halogens is 2. The van der Waals surface area contributed by atoms with Gasteiger partial charge in [-0.1, -0.05) is 18.2 Å². The quantitative estimate of drug-likeness (QED) is 0.480. The van der Waals surface area contributed by atoms with Gasteiger partial charge in [0.15, 0.2) is 0 Å². The van der Waals surface area contributed by atoms with Crippen molar-refractivity contribution in [3.8, 4) is 5.75 Å². The average Bonchev–Trinajstić information content (AvgIpc) is 2.41. The number of anilines is 2. The van der Waals surface area contributed by atoms with Gasteiger partial charge in [-0.25, -0.2) is 4.39 Å². The first-order chi connectivity index (χ1) is 9.16. The first-order valence-corrected chi connectivity index (χ1v) is 6.91. The van der Waals surface area contributed by atoms with Gasteiger partial charge in [0.25, 0.3) is 0 Å². The molecule has 3 N–H and O–H groups in total. The maximum Gasteiger partial charge on any atom is 0.138 e. The van der Waals surface area contributed by atoms with E-state index in [9.17, 15) is 4.39 Å². The Bertz CT molecular complexity index is 549. The number of para-hydroxylation sites is 1. The number of rotatable bonds is 5.